The van der Waals surface area contributed by atoms with E-state index in [0.717, 1.165) is 0 Å². The first-order valence-electron chi connectivity index (χ1n) is 0.855. The predicted molar refractivity (Wildman–Crippen MR) is 31.0 cm³/mol. The molecule has 0 amide bonds. The van der Waals surface area contributed by atoms with Gasteiger partial charge in [0, 0.05) is 0 Å². The second-order valence-corrected chi connectivity index (χ2v) is 0.548. The van der Waals surface area contributed by atoms with E-state index in [-0.39, 0.29) is 33.4 Å². The van der Waals surface area contributed by atoms with Crippen LogP contribution in [0.4, 0.5) is 0 Å². The van der Waals surface area contributed by atoms with Crippen molar-refractivity contribution >= 4 is 25.3 Å². The summed E-state index contributed by atoms with van der Waals surface area (Å²) >= 11 is 7.40. The average molecular weight is 246 g/mol. The van der Waals surface area contributed by atoms with E-state index in [1.807, 2.05) is 0 Å². The van der Waals surface area contributed by atoms with E-state index in [0.29, 0.717) is 0 Å². The zero-order chi connectivity index (χ0) is 5.41. The first-order valence-corrected chi connectivity index (χ1v) is 1.67. The maximum atomic E-state index is 7.13. The van der Waals surface area contributed by atoms with Crippen molar-refractivity contribution in [1.82, 2.24) is 6.15 Å². The number of nitrogens with zero attached hydrogens (tertiary/aromatic N) is 2. The van der Waals surface area contributed by atoms with Crippen LogP contribution in [0.2, 0.25) is 0 Å². The predicted octanol–water partition coefficient (Wildman–Crippen LogP) is 0.188. The van der Waals surface area contributed by atoms with Gasteiger partial charge in [0.05, 0.1) is 0 Å². The van der Waals surface area contributed by atoms with Crippen LogP contribution in [0.5, 0.6) is 0 Å². The molecule has 0 radical (unpaired) electrons. The second-order valence-electron chi connectivity index (χ2n) is 0.183. The fraction of sp³-hybridized carbons (Fsp3) is 0. The second kappa shape index (κ2) is 54.7. The summed E-state index contributed by atoms with van der Waals surface area (Å²) in [5, 5.41) is 16.9. The minimum atomic E-state index is 0. The molecule has 40 valence electrons. The average Bonchev–Trinajstić information content (AvgIpc) is 1.39. The molecule has 3 N–H and O–H groups in total. The molecular formula is C2H3CdN3S2. The van der Waals surface area contributed by atoms with E-state index >= 15 is 0 Å². The maximum absolute atomic E-state index is 7.13. The molecule has 0 aliphatic heterocycles. The van der Waals surface area contributed by atoms with Crippen LogP contribution in [0.3, 0.4) is 0 Å². The van der Waals surface area contributed by atoms with Gasteiger partial charge in [-0.15, -0.1) is 0 Å². The van der Waals surface area contributed by atoms with Crippen LogP contribution in [0.25, 0.3) is 0 Å². The van der Waals surface area contributed by atoms with Crippen LogP contribution < -0.4 is 6.15 Å². The molecule has 0 aliphatic carbocycles. The Morgan fingerprint density at radius 1 is 1.00 bits per heavy atom. The summed E-state index contributed by atoms with van der Waals surface area (Å²) in [6.07, 6.45) is 0. The molecule has 0 atom stereocenters. The molecule has 0 aromatic carbocycles. The van der Waals surface area contributed by atoms with Crippen LogP contribution in [0.15, 0.2) is 0 Å². The summed E-state index contributed by atoms with van der Waals surface area (Å²) in [4.78, 5) is 0. The van der Waals surface area contributed by atoms with Crippen molar-refractivity contribution < 1.29 is 27.3 Å². The largest absolute Gasteiger partial charge is 2.00 e. The summed E-state index contributed by atoms with van der Waals surface area (Å²) in [5.74, 6) is 0. The Hall–Kier alpha value is 0.302. The molecule has 0 unspecified atom stereocenters. The number of nitriles is 2. The Morgan fingerprint density at radius 2 is 1.00 bits per heavy atom. The first kappa shape index (κ1) is 23.9. The molecular weight excluding hydrogens is 243 g/mol. The topological polar surface area (TPSA) is 82.6 Å². The molecule has 0 heterocycles. The monoisotopic (exact) mass is 247 g/mol. The van der Waals surface area contributed by atoms with Gasteiger partial charge in [-0.05, 0) is 0 Å². The number of thiocyanates is 2. The number of rotatable bonds is 0. The molecule has 0 saturated heterocycles. The van der Waals surface area contributed by atoms with Crippen LogP contribution in [-0.4, -0.2) is 0 Å². The van der Waals surface area contributed by atoms with Gasteiger partial charge < -0.3 is 31.4 Å². The Balaban J connectivity index is -0.0000000160. The zero-order valence-electron chi connectivity index (χ0n) is 4.13. The first-order chi connectivity index (χ1) is 2.83. The van der Waals surface area contributed by atoms with Crippen molar-refractivity contribution in [3.8, 4) is 10.8 Å². The SMILES string of the molecule is N.N#C[S-].N#C[S-].[Cd+2]. The molecule has 0 fully saturated rings. The third-order valence-corrected chi connectivity index (χ3v) is 0. The van der Waals surface area contributed by atoms with Crippen molar-refractivity contribution in [1.29, 1.82) is 10.5 Å². The van der Waals surface area contributed by atoms with Gasteiger partial charge >= 0.3 is 27.3 Å². The van der Waals surface area contributed by atoms with Crippen LogP contribution in [-0.2, 0) is 52.6 Å². The van der Waals surface area contributed by atoms with Gasteiger partial charge in [-0.3, -0.25) is 0 Å². The zero-order valence-corrected chi connectivity index (χ0v) is 9.79. The van der Waals surface area contributed by atoms with Crippen molar-refractivity contribution in [3.05, 3.63) is 0 Å². The Morgan fingerprint density at radius 3 is 1.00 bits per heavy atom. The molecule has 0 saturated carbocycles. The molecule has 0 aromatic rings. The molecule has 6 heteroatoms. The Labute approximate surface area is 79.6 Å². The van der Waals surface area contributed by atoms with E-state index < -0.39 is 0 Å². The molecule has 3 nitrogen and oxygen atoms in total. The molecule has 0 aromatic heterocycles. The quantitative estimate of drug-likeness (QED) is 0.374. The van der Waals surface area contributed by atoms with Crippen molar-refractivity contribution in [2.75, 3.05) is 0 Å². The minimum Gasteiger partial charge on any atom is -0.696 e. The van der Waals surface area contributed by atoms with Gasteiger partial charge in [0.2, 0.25) is 0 Å². The fourth-order valence-electron chi connectivity index (χ4n) is 0. The van der Waals surface area contributed by atoms with Crippen LogP contribution in [0.1, 0.15) is 0 Å². The third-order valence-electron chi connectivity index (χ3n) is 0. The Bertz CT molecular complexity index is 70.3. The smallest absolute Gasteiger partial charge is 0.696 e. The van der Waals surface area contributed by atoms with Gasteiger partial charge in [0.1, 0.15) is 0 Å². The molecule has 8 heavy (non-hydrogen) atoms. The minimum absolute atomic E-state index is 0. The molecule has 0 spiro atoms. The number of hydrogen-bond acceptors (Lipinski definition) is 5. The van der Waals surface area contributed by atoms with Crippen molar-refractivity contribution in [2.45, 2.75) is 0 Å². The fourth-order valence-corrected chi connectivity index (χ4v) is 0. The van der Waals surface area contributed by atoms with E-state index in [1.54, 1.807) is 0 Å². The summed E-state index contributed by atoms with van der Waals surface area (Å²) in [6, 6.07) is 0. The van der Waals surface area contributed by atoms with E-state index in [1.165, 1.54) is 10.8 Å². The summed E-state index contributed by atoms with van der Waals surface area (Å²) in [5.41, 5.74) is 0. The maximum Gasteiger partial charge on any atom is 2.00 e. The van der Waals surface area contributed by atoms with E-state index in [4.69, 9.17) is 10.5 Å². The third kappa shape index (κ3) is 1940. The van der Waals surface area contributed by atoms with Gasteiger partial charge in [0.25, 0.3) is 0 Å². The van der Waals surface area contributed by atoms with E-state index in [2.05, 4.69) is 25.3 Å². The van der Waals surface area contributed by atoms with Crippen molar-refractivity contribution in [2.24, 2.45) is 0 Å². The molecule has 0 rings (SSSR count). The van der Waals surface area contributed by atoms with Crippen LogP contribution in [0, 0.1) is 21.3 Å². The normalized spacial score (nSPS) is 1.75. The Kier molecular flexibility index (Phi) is 164. The summed E-state index contributed by atoms with van der Waals surface area (Å²) < 4.78 is 0. The standard InChI is InChI=1S/2CHNS.Cd.H3N/c2*2-1-3;;/h2*3H;;1H3/q;;+2;/p-2. The summed E-state index contributed by atoms with van der Waals surface area (Å²) in [6.45, 7) is 0. The molecule has 0 aliphatic rings. The van der Waals surface area contributed by atoms with E-state index in [9.17, 15) is 0 Å². The van der Waals surface area contributed by atoms with Gasteiger partial charge in [-0.2, -0.15) is 0 Å². The van der Waals surface area contributed by atoms with Gasteiger partial charge in [-0.1, -0.05) is 10.8 Å². The van der Waals surface area contributed by atoms with Gasteiger partial charge in [0.15, 0.2) is 0 Å². The number of hydrogen-bond donors (Lipinski definition) is 1. The summed E-state index contributed by atoms with van der Waals surface area (Å²) in [7, 11) is 0. The van der Waals surface area contributed by atoms with Crippen LogP contribution >= 0.6 is 0 Å². The van der Waals surface area contributed by atoms with Gasteiger partial charge in [-0.25, -0.2) is 10.5 Å². The molecule has 0 bridgehead atoms. The van der Waals surface area contributed by atoms with Crippen molar-refractivity contribution in [3.63, 3.8) is 0 Å².